The highest BCUT2D eigenvalue weighted by atomic mass is 32.2. The first-order valence-corrected chi connectivity index (χ1v) is 4.55. The lowest BCUT2D eigenvalue weighted by molar-refractivity contribution is 1.43. The van der Waals surface area contributed by atoms with Crippen molar-refractivity contribution < 1.29 is 0 Å². The van der Waals surface area contributed by atoms with E-state index in [1.54, 1.807) is 0 Å². The van der Waals surface area contributed by atoms with Gasteiger partial charge in [0.2, 0.25) is 0 Å². The molecule has 0 unspecified atom stereocenters. The van der Waals surface area contributed by atoms with Gasteiger partial charge in [0.25, 0.3) is 0 Å². The summed E-state index contributed by atoms with van der Waals surface area (Å²) in [7, 11) is 5.52. The van der Waals surface area contributed by atoms with Crippen LogP contribution in [0.15, 0.2) is 24.3 Å². The zero-order valence-electron chi connectivity index (χ0n) is 6.00. The van der Waals surface area contributed by atoms with E-state index < -0.39 is 0 Å². The number of rotatable bonds is 2. The number of hydrogen-bond acceptors (Lipinski definition) is 1. The van der Waals surface area contributed by atoms with Crippen molar-refractivity contribution in [3.8, 4) is 0 Å². The molecule has 1 aromatic carbocycles. The van der Waals surface area contributed by atoms with E-state index in [4.69, 9.17) is 7.85 Å². The fourth-order valence-electron chi connectivity index (χ4n) is 0.781. The molecule has 0 amide bonds. The molecular formula is C8H9BS. The van der Waals surface area contributed by atoms with E-state index in [2.05, 4.69) is 18.4 Å². The first-order valence-electron chi connectivity index (χ1n) is 3.16. The maximum Gasteiger partial charge on any atom is 0.113 e. The van der Waals surface area contributed by atoms with Crippen LogP contribution in [0.5, 0.6) is 0 Å². The zero-order valence-corrected chi connectivity index (χ0v) is 6.82. The van der Waals surface area contributed by atoms with Gasteiger partial charge in [-0.2, -0.15) is 11.8 Å². The highest BCUT2D eigenvalue weighted by Crippen LogP contribution is 2.06. The van der Waals surface area contributed by atoms with Crippen LogP contribution in [0, 0.1) is 0 Å². The largest absolute Gasteiger partial charge is 0.161 e. The number of thioether (sulfide) groups is 1. The summed E-state index contributed by atoms with van der Waals surface area (Å²) in [4.78, 5) is 0. The van der Waals surface area contributed by atoms with Gasteiger partial charge in [0.15, 0.2) is 0 Å². The molecule has 0 aliphatic rings. The molecule has 2 heteroatoms. The molecule has 0 nitrogen and oxygen atoms in total. The third-order valence-electron chi connectivity index (χ3n) is 1.29. The van der Waals surface area contributed by atoms with E-state index in [0.29, 0.717) is 0 Å². The minimum atomic E-state index is 0.838. The van der Waals surface area contributed by atoms with Crippen LogP contribution >= 0.6 is 11.8 Å². The molecular weight excluding hydrogens is 139 g/mol. The van der Waals surface area contributed by atoms with Crippen molar-refractivity contribution in [1.82, 2.24) is 0 Å². The average Bonchev–Trinajstić information content (AvgIpc) is 1.95. The van der Waals surface area contributed by atoms with E-state index in [-0.39, 0.29) is 0 Å². The molecule has 2 radical (unpaired) electrons. The lowest BCUT2D eigenvalue weighted by Crippen LogP contribution is -1.99. The molecule has 0 atom stereocenters. The molecule has 0 bridgehead atoms. The lowest BCUT2D eigenvalue weighted by atomic mass is 9.96. The molecule has 0 aliphatic carbocycles. The van der Waals surface area contributed by atoms with Crippen molar-refractivity contribution in [2.45, 2.75) is 5.75 Å². The van der Waals surface area contributed by atoms with Gasteiger partial charge in [-0.05, 0) is 11.8 Å². The van der Waals surface area contributed by atoms with Gasteiger partial charge in [-0.3, -0.25) is 0 Å². The van der Waals surface area contributed by atoms with E-state index in [1.807, 2.05) is 23.9 Å². The fraction of sp³-hybridized carbons (Fsp3) is 0.250. The van der Waals surface area contributed by atoms with Crippen LogP contribution < -0.4 is 5.46 Å². The molecule has 0 saturated heterocycles. The number of hydrogen-bond donors (Lipinski definition) is 0. The predicted octanol–water partition coefficient (Wildman–Crippen LogP) is 1.34. The Labute approximate surface area is 67.4 Å². The Kier molecular flexibility index (Phi) is 2.88. The Bertz CT molecular complexity index is 193. The van der Waals surface area contributed by atoms with E-state index >= 15 is 0 Å². The van der Waals surface area contributed by atoms with Gasteiger partial charge in [-0.1, -0.05) is 29.7 Å². The van der Waals surface area contributed by atoms with Gasteiger partial charge in [0.1, 0.15) is 7.85 Å². The summed E-state index contributed by atoms with van der Waals surface area (Å²) >= 11 is 1.82. The lowest BCUT2D eigenvalue weighted by Gasteiger charge is -1.97. The normalized spacial score (nSPS) is 9.70. The summed E-state index contributed by atoms with van der Waals surface area (Å²) in [5, 5.41) is 0. The van der Waals surface area contributed by atoms with Crippen LogP contribution in [0.1, 0.15) is 5.56 Å². The third kappa shape index (κ3) is 2.11. The maximum atomic E-state index is 5.52. The second kappa shape index (κ2) is 3.72. The summed E-state index contributed by atoms with van der Waals surface area (Å²) in [6, 6.07) is 7.99. The van der Waals surface area contributed by atoms with E-state index in [1.165, 1.54) is 5.56 Å². The van der Waals surface area contributed by atoms with Crippen molar-refractivity contribution in [2.24, 2.45) is 0 Å². The second-order valence-electron chi connectivity index (χ2n) is 2.17. The van der Waals surface area contributed by atoms with Gasteiger partial charge in [0, 0.05) is 5.75 Å². The maximum absolute atomic E-state index is 5.52. The van der Waals surface area contributed by atoms with Crippen LogP contribution in [-0.4, -0.2) is 14.1 Å². The van der Waals surface area contributed by atoms with Crippen molar-refractivity contribution in [1.29, 1.82) is 0 Å². The van der Waals surface area contributed by atoms with Gasteiger partial charge < -0.3 is 0 Å². The van der Waals surface area contributed by atoms with Crippen LogP contribution in [-0.2, 0) is 5.75 Å². The standard InChI is InChI=1S/C8H9BS/c1-10-6-7-2-4-8(9)5-3-7/h2-5H,6H2,1H3. The van der Waals surface area contributed by atoms with Crippen LogP contribution in [0.3, 0.4) is 0 Å². The molecule has 0 heterocycles. The van der Waals surface area contributed by atoms with Crippen LogP contribution in [0.2, 0.25) is 0 Å². The molecule has 0 spiro atoms. The van der Waals surface area contributed by atoms with Crippen molar-refractivity contribution >= 4 is 25.1 Å². The molecule has 1 rings (SSSR count). The van der Waals surface area contributed by atoms with E-state index in [9.17, 15) is 0 Å². The summed E-state index contributed by atoms with van der Waals surface area (Å²) < 4.78 is 0. The predicted molar refractivity (Wildman–Crippen MR) is 49.0 cm³/mol. The van der Waals surface area contributed by atoms with Gasteiger partial charge >= 0.3 is 0 Å². The Balaban J connectivity index is 2.69. The second-order valence-corrected chi connectivity index (χ2v) is 3.04. The van der Waals surface area contributed by atoms with Crippen LogP contribution in [0.25, 0.3) is 0 Å². The highest BCUT2D eigenvalue weighted by Gasteiger charge is 1.88. The minimum absolute atomic E-state index is 0.838. The molecule has 0 aromatic heterocycles. The third-order valence-corrected chi connectivity index (χ3v) is 1.91. The van der Waals surface area contributed by atoms with Crippen molar-refractivity contribution in [3.05, 3.63) is 29.8 Å². The molecule has 1 aromatic rings. The first-order chi connectivity index (χ1) is 4.83. The zero-order chi connectivity index (χ0) is 7.40. The quantitative estimate of drug-likeness (QED) is 0.570. The molecule has 50 valence electrons. The summed E-state index contributed by atoms with van der Waals surface area (Å²) in [5.41, 5.74) is 2.17. The summed E-state index contributed by atoms with van der Waals surface area (Å²) in [5.74, 6) is 1.07. The monoisotopic (exact) mass is 148 g/mol. The van der Waals surface area contributed by atoms with Gasteiger partial charge in [-0.25, -0.2) is 0 Å². The SMILES string of the molecule is [B]c1ccc(CSC)cc1. The Morgan fingerprint density at radius 1 is 1.30 bits per heavy atom. The minimum Gasteiger partial charge on any atom is -0.161 e. The molecule has 0 aliphatic heterocycles. The Morgan fingerprint density at radius 2 is 1.90 bits per heavy atom. The Hall–Kier alpha value is -0.365. The molecule has 0 N–H and O–H groups in total. The molecule has 0 saturated carbocycles. The van der Waals surface area contributed by atoms with Gasteiger partial charge in [0.05, 0.1) is 0 Å². The first kappa shape index (κ1) is 7.74. The number of benzene rings is 1. The summed E-state index contributed by atoms with van der Waals surface area (Å²) in [6.07, 6.45) is 2.09. The smallest absolute Gasteiger partial charge is 0.113 e. The molecule has 10 heavy (non-hydrogen) atoms. The van der Waals surface area contributed by atoms with Crippen LogP contribution in [0.4, 0.5) is 0 Å². The van der Waals surface area contributed by atoms with Crippen molar-refractivity contribution in [2.75, 3.05) is 6.26 Å². The molecule has 0 fully saturated rings. The van der Waals surface area contributed by atoms with Gasteiger partial charge in [-0.15, -0.1) is 0 Å². The van der Waals surface area contributed by atoms with Crippen molar-refractivity contribution in [3.63, 3.8) is 0 Å². The summed E-state index contributed by atoms with van der Waals surface area (Å²) in [6.45, 7) is 0. The topological polar surface area (TPSA) is 0 Å². The fourth-order valence-corrected chi connectivity index (χ4v) is 1.31. The van der Waals surface area contributed by atoms with E-state index in [0.717, 1.165) is 11.2 Å². The average molecular weight is 148 g/mol. The highest BCUT2D eigenvalue weighted by molar-refractivity contribution is 7.97. The Morgan fingerprint density at radius 3 is 2.40 bits per heavy atom.